The minimum absolute atomic E-state index is 0.134. The zero-order valence-electron chi connectivity index (χ0n) is 19.3. The summed E-state index contributed by atoms with van der Waals surface area (Å²) in [6, 6.07) is 12.2. The van der Waals surface area contributed by atoms with Crippen molar-refractivity contribution in [2.45, 2.75) is 19.4 Å². The lowest BCUT2D eigenvalue weighted by molar-refractivity contribution is 0.311. The molecule has 0 spiro atoms. The summed E-state index contributed by atoms with van der Waals surface area (Å²) in [5.41, 5.74) is 6.70. The van der Waals surface area contributed by atoms with E-state index in [0.717, 1.165) is 6.07 Å². The van der Waals surface area contributed by atoms with Gasteiger partial charge in [-0.1, -0.05) is 6.07 Å². The van der Waals surface area contributed by atoms with E-state index in [1.54, 1.807) is 50.2 Å². The molecule has 0 saturated heterocycles. The number of nitrogens with zero attached hydrogens (tertiary/aromatic N) is 4. The van der Waals surface area contributed by atoms with E-state index >= 15 is 4.39 Å². The highest BCUT2D eigenvalue weighted by Crippen LogP contribution is 2.51. The molecule has 0 aliphatic carbocycles. The van der Waals surface area contributed by atoms with Crippen LogP contribution in [0.1, 0.15) is 25.0 Å². The van der Waals surface area contributed by atoms with Crippen molar-refractivity contribution in [1.82, 2.24) is 15.0 Å². The summed E-state index contributed by atoms with van der Waals surface area (Å²) < 4.78 is 54.9. The number of benzene rings is 1. The van der Waals surface area contributed by atoms with Crippen molar-refractivity contribution in [1.29, 1.82) is 0 Å². The smallest absolute Gasteiger partial charge is 0.283 e. The molecule has 1 aromatic carbocycles. The summed E-state index contributed by atoms with van der Waals surface area (Å²) in [6.07, 6.45) is 2.61. The van der Waals surface area contributed by atoms with Crippen LogP contribution in [0.25, 0.3) is 22.4 Å². The third-order valence-corrected chi connectivity index (χ3v) is 5.89. The van der Waals surface area contributed by atoms with E-state index in [1.165, 1.54) is 18.5 Å². The standard InChI is InChI=1S/C26H20F3N5O2/c1-3-35-25(30)34-26(2)17-11-14(16-5-4-9-32-23(16)28)6-7-20(17)36-22-18(26)13-19(33-24(22)29)15-8-10-31-21(27)12-15/h4-13H,3H2,1-2H3,(H2,30,34)/t26-/m0/s1. The van der Waals surface area contributed by atoms with Crippen LogP contribution in [-0.4, -0.2) is 27.6 Å². The minimum Gasteiger partial charge on any atom is -0.466 e. The molecule has 2 N–H and O–H groups in total. The molecule has 36 heavy (non-hydrogen) atoms. The Morgan fingerprint density at radius 3 is 2.58 bits per heavy atom. The number of hydrogen-bond acceptors (Lipinski definition) is 6. The van der Waals surface area contributed by atoms with Gasteiger partial charge in [-0.05, 0) is 55.8 Å². The number of aromatic nitrogens is 3. The molecular formula is C26H20F3N5O2. The Hall–Kier alpha value is -4.47. The first-order valence-electron chi connectivity index (χ1n) is 11.0. The molecule has 4 aromatic rings. The fraction of sp³-hybridized carbons (Fsp3) is 0.154. The second-order valence-corrected chi connectivity index (χ2v) is 8.15. The van der Waals surface area contributed by atoms with Crippen LogP contribution in [0.3, 0.4) is 0 Å². The molecule has 1 aliphatic heterocycles. The highest BCUT2D eigenvalue weighted by atomic mass is 19.1. The van der Waals surface area contributed by atoms with Crippen LogP contribution in [0.15, 0.2) is 65.9 Å². The van der Waals surface area contributed by atoms with Crippen LogP contribution >= 0.6 is 0 Å². The molecule has 182 valence electrons. The predicted molar refractivity (Wildman–Crippen MR) is 127 cm³/mol. The van der Waals surface area contributed by atoms with E-state index in [2.05, 4.69) is 19.9 Å². The van der Waals surface area contributed by atoms with Crippen LogP contribution < -0.4 is 10.5 Å². The average Bonchev–Trinajstić information content (AvgIpc) is 2.85. The van der Waals surface area contributed by atoms with Crippen molar-refractivity contribution in [2.75, 3.05) is 6.61 Å². The Balaban J connectivity index is 1.76. The maximum atomic E-state index is 15.3. The molecule has 4 heterocycles. The fourth-order valence-corrected chi connectivity index (χ4v) is 4.21. The number of aliphatic imine (C=N–C) groups is 1. The summed E-state index contributed by atoms with van der Waals surface area (Å²) in [4.78, 5) is 15.8. The molecule has 0 saturated carbocycles. The number of amidine groups is 1. The summed E-state index contributed by atoms with van der Waals surface area (Å²) in [7, 11) is 0. The lowest BCUT2D eigenvalue weighted by Crippen LogP contribution is -2.31. The lowest BCUT2D eigenvalue weighted by Gasteiger charge is -2.35. The van der Waals surface area contributed by atoms with Crippen LogP contribution in [0.4, 0.5) is 13.2 Å². The lowest BCUT2D eigenvalue weighted by atomic mass is 9.81. The second kappa shape index (κ2) is 8.95. The van der Waals surface area contributed by atoms with E-state index in [9.17, 15) is 8.78 Å². The third kappa shape index (κ3) is 4.00. The first-order valence-corrected chi connectivity index (χ1v) is 11.0. The first kappa shape index (κ1) is 23.3. The van der Waals surface area contributed by atoms with Gasteiger partial charge in [0.15, 0.2) is 5.75 Å². The zero-order valence-corrected chi connectivity index (χ0v) is 19.3. The van der Waals surface area contributed by atoms with Crippen molar-refractivity contribution in [3.63, 3.8) is 0 Å². The van der Waals surface area contributed by atoms with Gasteiger partial charge in [0.1, 0.15) is 11.3 Å². The molecule has 1 atom stereocenters. The van der Waals surface area contributed by atoms with Gasteiger partial charge in [-0.25, -0.2) is 19.9 Å². The molecule has 0 radical (unpaired) electrons. The van der Waals surface area contributed by atoms with Gasteiger partial charge in [0.05, 0.1) is 12.3 Å². The molecular weight excluding hydrogens is 471 g/mol. The topological polar surface area (TPSA) is 95.5 Å². The van der Waals surface area contributed by atoms with Gasteiger partial charge in [0.25, 0.3) is 12.0 Å². The summed E-state index contributed by atoms with van der Waals surface area (Å²) in [6.45, 7) is 3.72. The Bertz CT molecular complexity index is 1510. The number of ether oxygens (including phenoxy) is 2. The highest BCUT2D eigenvalue weighted by Gasteiger charge is 2.41. The Labute approximate surface area is 204 Å². The number of hydrogen-bond donors (Lipinski definition) is 1. The Morgan fingerprint density at radius 2 is 1.83 bits per heavy atom. The molecule has 1 aliphatic rings. The van der Waals surface area contributed by atoms with E-state index in [1.807, 2.05) is 0 Å². The van der Waals surface area contributed by atoms with E-state index in [-0.39, 0.29) is 40.9 Å². The van der Waals surface area contributed by atoms with Gasteiger partial charge in [-0.2, -0.15) is 13.2 Å². The van der Waals surface area contributed by atoms with Gasteiger partial charge < -0.3 is 15.2 Å². The van der Waals surface area contributed by atoms with Gasteiger partial charge in [0.2, 0.25) is 11.9 Å². The quantitative estimate of drug-likeness (QED) is 0.235. The molecule has 7 nitrogen and oxygen atoms in total. The van der Waals surface area contributed by atoms with Gasteiger partial charge >= 0.3 is 0 Å². The summed E-state index contributed by atoms with van der Waals surface area (Å²) in [5.74, 6) is -2.17. The van der Waals surface area contributed by atoms with Crippen molar-refractivity contribution >= 4 is 6.02 Å². The predicted octanol–water partition coefficient (Wildman–Crippen LogP) is 5.34. The van der Waals surface area contributed by atoms with Crippen LogP contribution in [0.5, 0.6) is 11.5 Å². The van der Waals surface area contributed by atoms with Crippen molar-refractivity contribution < 1.29 is 22.6 Å². The summed E-state index contributed by atoms with van der Waals surface area (Å²) >= 11 is 0. The van der Waals surface area contributed by atoms with Crippen molar-refractivity contribution in [2.24, 2.45) is 10.7 Å². The van der Waals surface area contributed by atoms with Crippen LogP contribution in [0, 0.1) is 17.8 Å². The molecule has 0 bridgehead atoms. The fourth-order valence-electron chi connectivity index (χ4n) is 4.21. The molecule has 0 fully saturated rings. The van der Waals surface area contributed by atoms with Crippen LogP contribution in [-0.2, 0) is 10.3 Å². The highest BCUT2D eigenvalue weighted by molar-refractivity contribution is 5.76. The van der Waals surface area contributed by atoms with Crippen molar-refractivity contribution in [3.8, 4) is 33.9 Å². The van der Waals surface area contributed by atoms with E-state index < -0.39 is 23.4 Å². The van der Waals surface area contributed by atoms with Gasteiger partial charge in [-0.15, -0.1) is 0 Å². The number of rotatable bonds is 4. The minimum atomic E-state index is -1.33. The van der Waals surface area contributed by atoms with E-state index in [4.69, 9.17) is 15.2 Å². The van der Waals surface area contributed by atoms with Crippen LogP contribution in [0.2, 0.25) is 0 Å². The first-order chi connectivity index (χ1) is 17.3. The number of halogens is 3. The maximum absolute atomic E-state index is 15.3. The molecule has 0 amide bonds. The molecule has 10 heteroatoms. The van der Waals surface area contributed by atoms with E-state index in [0.29, 0.717) is 16.7 Å². The maximum Gasteiger partial charge on any atom is 0.283 e. The monoisotopic (exact) mass is 491 g/mol. The number of nitrogens with two attached hydrogens (primary N) is 1. The normalized spacial score (nSPS) is 16.6. The third-order valence-electron chi connectivity index (χ3n) is 5.89. The molecule has 0 unspecified atom stereocenters. The number of pyridine rings is 3. The molecule has 5 rings (SSSR count). The van der Waals surface area contributed by atoms with Gasteiger partial charge in [0, 0.05) is 40.7 Å². The summed E-state index contributed by atoms with van der Waals surface area (Å²) in [5, 5.41) is 0. The Morgan fingerprint density at radius 1 is 1.00 bits per heavy atom. The Kier molecular flexibility index (Phi) is 5.79. The zero-order chi connectivity index (χ0) is 25.4. The molecule has 3 aromatic heterocycles. The number of fused-ring (bicyclic) bond motifs is 2. The SMILES string of the molecule is CCOC(N)=N[C@@]1(C)c2cc(-c3cccnc3F)ccc2Oc2c1cc(-c1ccnc(F)c1)nc2F. The van der Waals surface area contributed by atoms with Crippen molar-refractivity contribution in [3.05, 3.63) is 89.9 Å². The average molecular weight is 491 g/mol. The largest absolute Gasteiger partial charge is 0.466 e. The second-order valence-electron chi connectivity index (χ2n) is 8.15. The van der Waals surface area contributed by atoms with Gasteiger partial charge in [-0.3, -0.25) is 0 Å².